The van der Waals surface area contributed by atoms with Crippen molar-refractivity contribution >= 4 is 17.5 Å². The van der Waals surface area contributed by atoms with Crippen LogP contribution in [0.25, 0.3) is 0 Å². The quantitative estimate of drug-likeness (QED) is 0.718. The highest BCUT2D eigenvalue weighted by Gasteiger charge is 2.52. The number of rotatable bonds is 7. The van der Waals surface area contributed by atoms with Gasteiger partial charge in [0.2, 0.25) is 11.8 Å². The summed E-state index contributed by atoms with van der Waals surface area (Å²) in [5, 5.41) is 5.72. The van der Waals surface area contributed by atoms with Crippen molar-refractivity contribution < 1.29 is 23.5 Å². The second-order valence-electron chi connectivity index (χ2n) is 6.75. The number of benzene rings is 1. The lowest BCUT2D eigenvalue weighted by molar-refractivity contribution is -0.131. The van der Waals surface area contributed by atoms with Crippen molar-refractivity contribution in [1.82, 2.24) is 5.32 Å². The molecule has 1 fully saturated rings. The molecular formula is C21H22N2O5. The summed E-state index contributed by atoms with van der Waals surface area (Å²) in [5.74, 6) is -0.227. The van der Waals surface area contributed by atoms with Crippen LogP contribution < -0.4 is 15.4 Å². The predicted octanol–water partition coefficient (Wildman–Crippen LogP) is 2.50. The summed E-state index contributed by atoms with van der Waals surface area (Å²) in [7, 11) is 0. The van der Waals surface area contributed by atoms with E-state index in [1.807, 2.05) is 19.1 Å². The Labute approximate surface area is 162 Å². The molecule has 1 aromatic carbocycles. The van der Waals surface area contributed by atoms with E-state index in [1.165, 1.54) is 0 Å². The number of fused-ring (bicyclic) bond motifs is 2. The molecule has 1 saturated heterocycles. The minimum atomic E-state index is -0.585. The number of ether oxygens (including phenoxy) is 2. The van der Waals surface area contributed by atoms with Crippen LogP contribution in [-0.2, 0) is 20.9 Å². The molecule has 0 unspecified atom stereocenters. The van der Waals surface area contributed by atoms with E-state index in [4.69, 9.17) is 13.9 Å². The van der Waals surface area contributed by atoms with Crippen LogP contribution in [-0.4, -0.2) is 30.6 Å². The third-order valence-corrected chi connectivity index (χ3v) is 4.95. The van der Waals surface area contributed by atoms with Crippen molar-refractivity contribution in [2.75, 3.05) is 11.9 Å². The third kappa shape index (κ3) is 3.66. The second-order valence-corrected chi connectivity index (χ2v) is 6.75. The normalized spacial score (nSPS) is 24.9. The van der Waals surface area contributed by atoms with Crippen LogP contribution >= 0.6 is 0 Å². The summed E-state index contributed by atoms with van der Waals surface area (Å²) in [4.78, 5) is 25.7. The van der Waals surface area contributed by atoms with Gasteiger partial charge in [0.05, 0.1) is 43.5 Å². The van der Waals surface area contributed by atoms with Crippen LogP contribution in [0.4, 0.5) is 5.69 Å². The lowest BCUT2D eigenvalue weighted by atomic mass is 9.81. The highest BCUT2D eigenvalue weighted by Crippen LogP contribution is 2.40. The van der Waals surface area contributed by atoms with Crippen molar-refractivity contribution in [3.8, 4) is 5.75 Å². The Kier molecular flexibility index (Phi) is 5.16. The fraction of sp³-hybridized carbons (Fsp3) is 0.333. The van der Waals surface area contributed by atoms with E-state index in [9.17, 15) is 9.59 Å². The molecule has 2 bridgehead atoms. The number of hydrogen-bond donors (Lipinski definition) is 2. The first-order valence-electron chi connectivity index (χ1n) is 9.33. The topological polar surface area (TPSA) is 89.8 Å². The van der Waals surface area contributed by atoms with Crippen LogP contribution in [0.5, 0.6) is 5.75 Å². The maximum Gasteiger partial charge on any atom is 0.231 e. The molecule has 7 nitrogen and oxygen atoms in total. The molecule has 2 aliphatic rings. The first-order valence-corrected chi connectivity index (χ1v) is 9.33. The van der Waals surface area contributed by atoms with Crippen LogP contribution in [0, 0.1) is 11.8 Å². The van der Waals surface area contributed by atoms with Crippen LogP contribution in [0.3, 0.4) is 0 Å². The van der Waals surface area contributed by atoms with Crippen molar-refractivity contribution in [1.29, 1.82) is 0 Å². The summed E-state index contributed by atoms with van der Waals surface area (Å²) in [6, 6.07) is 10.7. The molecule has 2 amide bonds. The minimum Gasteiger partial charge on any atom is -0.494 e. The van der Waals surface area contributed by atoms with Gasteiger partial charge >= 0.3 is 0 Å². The van der Waals surface area contributed by atoms with E-state index in [-0.39, 0.29) is 18.4 Å². The molecule has 0 spiro atoms. The van der Waals surface area contributed by atoms with Crippen molar-refractivity contribution in [3.63, 3.8) is 0 Å². The van der Waals surface area contributed by atoms with Crippen molar-refractivity contribution in [2.24, 2.45) is 11.8 Å². The molecule has 7 heteroatoms. The Morgan fingerprint density at radius 1 is 1.04 bits per heavy atom. The first kappa shape index (κ1) is 18.3. The fourth-order valence-electron chi connectivity index (χ4n) is 3.67. The largest absolute Gasteiger partial charge is 0.494 e. The summed E-state index contributed by atoms with van der Waals surface area (Å²) in [6.45, 7) is 2.77. The average molecular weight is 382 g/mol. The summed E-state index contributed by atoms with van der Waals surface area (Å²) >= 11 is 0. The van der Waals surface area contributed by atoms with Gasteiger partial charge in [0.25, 0.3) is 0 Å². The van der Waals surface area contributed by atoms with Gasteiger partial charge in [-0.05, 0) is 43.3 Å². The zero-order valence-corrected chi connectivity index (χ0v) is 15.5. The van der Waals surface area contributed by atoms with Gasteiger partial charge in [-0.2, -0.15) is 0 Å². The van der Waals surface area contributed by atoms with E-state index in [2.05, 4.69) is 10.6 Å². The van der Waals surface area contributed by atoms with Gasteiger partial charge < -0.3 is 24.5 Å². The molecule has 4 atom stereocenters. The van der Waals surface area contributed by atoms with Crippen molar-refractivity contribution in [2.45, 2.75) is 25.7 Å². The zero-order chi connectivity index (χ0) is 19.5. The van der Waals surface area contributed by atoms with E-state index in [1.54, 1.807) is 42.7 Å². The van der Waals surface area contributed by atoms with Gasteiger partial charge in [0.15, 0.2) is 0 Å². The van der Waals surface area contributed by atoms with Gasteiger partial charge in [-0.15, -0.1) is 0 Å². The Bertz CT molecular complexity index is 859. The Morgan fingerprint density at radius 2 is 1.75 bits per heavy atom. The summed E-state index contributed by atoms with van der Waals surface area (Å²) in [5.41, 5.74) is 0.648. The maximum atomic E-state index is 12.9. The number of anilines is 1. The van der Waals surface area contributed by atoms with Gasteiger partial charge in [-0.25, -0.2) is 0 Å². The van der Waals surface area contributed by atoms with Crippen LogP contribution in [0.2, 0.25) is 0 Å². The number of furan rings is 1. The van der Waals surface area contributed by atoms with Gasteiger partial charge in [0, 0.05) is 5.69 Å². The van der Waals surface area contributed by atoms with Crippen molar-refractivity contribution in [3.05, 3.63) is 60.6 Å². The standard InChI is InChI=1S/C21H22N2O5/c1-2-26-14-7-5-13(6-8-14)23-21(25)19-17-10-9-16(28-17)18(19)20(24)22-12-15-4-3-11-27-15/h3-11,16-19H,2,12H2,1H3,(H,22,24)(H,23,25)/t16-,17+,18-,19-/m0/s1. The SMILES string of the molecule is CCOc1ccc(NC(=O)[C@@H]2[C@@H](C(=O)NCc3ccco3)[C@@H]3C=C[C@H]2O3)cc1. The molecule has 1 aromatic heterocycles. The summed E-state index contributed by atoms with van der Waals surface area (Å²) < 4.78 is 16.4. The Hall–Kier alpha value is -3.06. The van der Waals surface area contributed by atoms with Gasteiger partial charge in [0.1, 0.15) is 11.5 Å². The Balaban J connectivity index is 1.43. The number of carbonyl (C=O) groups excluding carboxylic acids is 2. The lowest BCUT2D eigenvalue weighted by Gasteiger charge is -2.23. The molecule has 28 heavy (non-hydrogen) atoms. The van der Waals surface area contributed by atoms with E-state index in [0.717, 1.165) is 5.75 Å². The molecular weight excluding hydrogens is 360 g/mol. The number of nitrogens with one attached hydrogen (secondary N) is 2. The second kappa shape index (κ2) is 7.90. The summed E-state index contributed by atoms with van der Waals surface area (Å²) in [6.07, 6.45) is 4.47. The third-order valence-electron chi connectivity index (χ3n) is 4.95. The smallest absolute Gasteiger partial charge is 0.231 e. The maximum absolute atomic E-state index is 12.9. The monoisotopic (exact) mass is 382 g/mol. The fourth-order valence-corrected chi connectivity index (χ4v) is 3.67. The number of hydrogen-bond acceptors (Lipinski definition) is 5. The van der Waals surface area contributed by atoms with Crippen LogP contribution in [0.1, 0.15) is 12.7 Å². The number of carbonyl (C=O) groups is 2. The zero-order valence-electron chi connectivity index (χ0n) is 15.5. The van der Waals surface area contributed by atoms with E-state index < -0.39 is 24.0 Å². The molecule has 2 aliphatic heterocycles. The molecule has 2 N–H and O–H groups in total. The molecule has 146 valence electrons. The average Bonchev–Trinajstić information content (AvgIpc) is 3.45. The van der Waals surface area contributed by atoms with Gasteiger partial charge in [-0.1, -0.05) is 12.2 Å². The highest BCUT2D eigenvalue weighted by atomic mass is 16.5. The molecule has 3 heterocycles. The van der Waals surface area contributed by atoms with E-state index in [0.29, 0.717) is 18.1 Å². The Morgan fingerprint density at radius 3 is 2.39 bits per heavy atom. The molecule has 0 aliphatic carbocycles. The van der Waals surface area contributed by atoms with E-state index >= 15 is 0 Å². The first-order chi connectivity index (χ1) is 13.7. The van der Waals surface area contributed by atoms with Crippen LogP contribution in [0.15, 0.2) is 59.2 Å². The highest BCUT2D eigenvalue weighted by molar-refractivity contribution is 5.97. The lowest BCUT2D eigenvalue weighted by Crippen LogP contribution is -2.44. The van der Waals surface area contributed by atoms with Gasteiger partial charge in [-0.3, -0.25) is 9.59 Å². The number of amides is 2. The molecule has 0 radical (unpaired) electrons. The predicted molar refractivity (Wildman–Crippen MR) is 102 cm³/mol. The molecule has 0 saturated carbocycles. The molecule has 2 aromatic rings. The minimum absolute atomic E-state index is 0.222. The molecule has 4 rings (SSSR count).